The maximum atomic E-state index is 8.78. The third-order valence-corrected chi connectivity index (χ3v) is 2.16. The SMILES string of the molecule is CN(CCN)CCCC(C)(C)C#N. The van der Waals surface area contributed by atoms with Crippen molar-refractivity contribution < 1.29 is 0 Å². The molecule has 0 aliphatic rings. The molecule has 0 radical (unpaired) electrons. The van der Waals surface area contributed by atoms with E-state index in [-0.39, 0.29) is 5.41 Å². The van der Waals surface area contributed by atoms with Crippen molar-refractivity contribution in [3.8, 4) is 6.07 Å². The van der Waals surface area contributed by atoms with Gasteiger partial charge in [0.15, 0.2) is 0 Å². The van der Waals surface area contributed by atoms with Crippen LogP contribution in [-0.2, 0) is 0 Å². The van der Waals surface area contributed by atoms with E-state index in [0.29, 0.717) is 6.54 Å². The molecule has 0 aromatic rings. The Morgan fingerprint density at radius 1 is 1.38 bits per heavy atom. The van der Waals surface area contributed by atoms with Crippen LogP contribution in [0.15, 0.2) is 0 Å². The Hall–Kier alpha value is -0.590. The van der Waals surface area contributed by atoms with Gasteiger partial charge in [-0.2, -0.15) is 5.26 Å². The highest BCUT2D eigenvalue weighted by atomic mass is 15.1. The van der Waals surface area contributed by atoms with Gasteiger partial charge in [-0.1, -0.05) is 0 Å². The van der Waals surface area contributed by atoms with E-state index < -0.39 is 0 Å². The molecule has 0 rings (SSSR count). The minimum Gasteiger partial charge on any atom is -0.329 e. The van der Waals surface area contributed by atoms with Crippen LogP contribution in [-0.4, -0.2) is 31.6 Å². The van der Waals surface area contributed by atoms with Crippen LogP contribution in [0.5, 0.6) is 0 Å². The molecule has 0 fully saturated rings. The second kappa shape index (κ2) is 5.95. The number of nitrogens with two attached hydrogens (primary N) is 1. The number of hydrogen-bond acceptors (Lipinski definition) is 3. The minimum absolute atomic E-state index is 0.177. The molecular formula is C10H21N3. The van der Waals surface area contributed by atoms with Gasteiger partial charge in [0.05, 0.1) is 11.5 Å². The zero-order valence-corrected chi connectivity index (χ0v) is 9.01. The Bertz CT molecular complexity index is 169. The van der Waals surface area contributed by atoms with E-state index in [1.54, 1.807) is 0 Å². The van der Waals surface area contributed by atoms with Gasteiger partial charge < -0.3 is 10.6 Å². The quantitative estimate of drug-likeness (QED) is 0.673. The monoisotopic (exact) mass is 183 g/mol. The molecule has 0 amide bonds. The van der Waals surface area contributed by atoms with Crippen LogP contribution < -0.4 is 5.73 Å². The second-order valence-electron chi connectivity index (χ2n) is 4.19. The van der Waals surface area contributed by atoms with E-state index in [9.17, 15) is 0 Å². The number of nitriles is 1. The molecule has 13 heavy (non-hydrogen) atoms. The minimum atomic E-state index is -0.177. The number of nitrogens with zero attached hydrogens (tertiary/aromatic N) is 2. The van der Waals surface area contributed by atoms with Crippen molar-refractivity contribution >= 4 is 0 Å². The van der Waals surface area contributed by atoms with E-state index in [2.05, 4.69) is 18.0 Å². The Labute approximate surface area is 81.5 Å². The fourth-order valence-corrected chi connectivity index (χ4v) is 1.18. The first kappa shape index (κ1) is 12.4. The van der Waals surface area contributed by atoms with Crippen LogP contribution in [0, 0.1) is 16.7 Å². The van der Waals surface area contributed by atoms with E-state index in [1.165, 1.54) is 0 Å². The standard InChI is InChI=1S/C10H21N3/c1-10(2,9-12)5-4-7-13(3)8-6-11/h4-8,11H2,1-3H3. The first-order valence-corrected chi connectivity index (χ1v) is 4.82. The zero-order chi connectivity index (χ0) is 10.3. The average molecular weight is 183 g/mol. The molecule has 0 aliphatic heterocycles. The largest absolute Gasteiger partial charge is 0.329 e. The molecule has 0 saturated carbocycles. The molecule has 3 nitrogen and oxygen atoms in total. The van der Waals surface area contributed by atoms with Gasteiger partial charge in [0.25, 0.3) is 0 Å². The highest BCUT2D eigenvalue weighted by molar-refractivity contribution is 4.91. The third-order valence-electron chi connectivity index (χ3n) is 2.16. The van der Waals surface area contributed by atoms with Gasteiger partial charge in [-0.15, -0.1) is 0 Å². The van der Waals surface area contributed by atoms with Gasteiger partial charge in [0, 0.05) is 13.1 Å². The normalized spacial score (nSPS) is 11.7. The highest BCUT2D eigenvalue weighted by Crippen LogP contribution is 2.20. The summed E-state index contributed by atoms with van der Waals surface area (Å²) >= 11 is 0. The molecule has 0 unspecified atom stereocenters. The number of rotatable bonds is 6. The maximum Gasteiger partial charge on any atom is 0.0683 e. The van der Waals surface area contributed by atoms with Crippen LogP contribution >= 0.6 is 0 Å². The summed E-state index contributed by atoms with van der Waals surface area (Å²) in [6.45, 7) is 6.64. The number of hydrogen-bond donors (Lipinski definition) is 1. The lowest BCUT2D eigenvalue weighted by atomic mass is 9.90. The predicted molar refractivity (Wildman–Crippen MR) is 55.2 cm³/mol. The van der Waals surface area contributed by atoms with Gasteiger partial charge >= 0.3 is 0 Å². The molecule has 0 saturated heterocycles. The average Bonchev–Trinajstić information content (AvgIpc) is 2.05. The summed E-state index contributed by atoms with van der Waals surface area (Å²) in [5.74, 6) is 0. The lowest BCUT2D eigenvalue weighted by Crippen LogP contribution is -2.27. The number of likely N-dealkylation sites (N-methyl/N-ethyl adjacent to an activating group) is 1. The molecule has 0 aromatic heterocycles. The van der Waals surface area contributed by atoms with E-state index in [1.807, 2.05) is 13.8 Å². The summed E-state index contributed by atoms with van der Waals surface area (Å²) in [7, 11) is 2.06. The van der Waals surface area contributed by atoms with Gasteiger partial charge in [-0.05, 0) is 40.3 Å². The van der Waals surface area contributed by atoms with E-state index in [0.717, 1.165) is 25.9 Å². The van der Waals surface area contributed by atoms with E-state index >= 15 is 0 Å². The summed E-state index contributed by atoms with van der Waals surface area (Å²) in [5, 5.41) is 8.78. The summed E-state index contributed by atoms with van der Waals surface area (Å²) < 4.78 is 0. The Balaban J connectivity index is 3.51. The Morgan fingerprint density at radius 3 is 2.46 bits per heavy atom. The lowest BCUT2D eigenvalue weighted by Gasteiger charge is -2.19. The van der Waals surface area contributed by atoms with Gasteiger partial charge in [-0.3, -0.25) is 0 Å². The molecule has 0 atom stereocenters. The smallest absolute Gasteiger partial charge is 0.0683 e. The van der Waals surface area contributed by atoms with Gasteiger partial charge in [0.2, 0.25) is 0 Å². The fraction of sp³-hybridized carbons (Fsp3) is 0.900. The lowest BCUT2D eigenvalue weighted by molar-refractivity contribution is 0.311. The maximum absolute atomic E-state index is 8.78. The topological polar surface area (TPSA) is 53.0 Å². The Morgan fingerprint density at radius 2 is 2.00 bits per heavy atom. The van der Waals surface area contributed by atoms with E-state index in [4.69, 9.17) is 11.0 Å². The van der Waals surface area contributed by atoms with Crippen molar-refractivity contribution in [2.75, 3.05) is 26.7 Å². The molecule has 3 heteroatoms. The van der Waals surface area contributed by atoms with Crippen molar-refractivity contribution in [2.45, 2.75) is 26.7 Å². The van der Waals surface area contributed by atoms with Crippen LogP contribution in [0.1, 0.15) is 26.7 Å². The molecule has 2 N–H and O–H groups in total. The predicted octanol–water partition coefficient (Wildman–Crippen LogP) is 1.21. The molecular weight excluding hydrogens is 162 g/mol. The molecule has 0 bridgehead atoms. The van der Waals surface area contributed by atoms with Crippen LogP contribution in [0.2, 0.25) is 0 Å². The second-order valence-corrected chi connectivity index (χ2v) is 4.19. The van der Waals surface area contributed by atoms with Crippen molar-refractivity contribution in [3.63, 3.8) is 0 Å². The molecule has 0 heterocycles. The summed E-state index contributed by atoms with van der Waals surface area (Å²) in [5.41, 5.74) is 5.24. The summed E-state index contributed by atoms with van der Waals surface area (Å²) in [4.78, 5) is 2.20. The van der Waals surface area contributed by atoms with Gasteiger partial charge in [-0.25, -0.2) is 0 Å². The van der Waals surface area contributed by atoms with Crippen LogP contribution in [0.4, 0.5) is 0 Å². The third kappa shape index (κ3) is 6.56. The van der Waals surface area contributed by atoms with Crippen molar-refractivity contribution in [1.82, 2.24) is 4.90 Å². The van der Waals surface area contributed by atoms with Crippen molar-refractivity contribution in [3.05, 3.63) is 0 Å². The molecule has 0 spiro atoms. The fourth-order valence-electron chi connectivity index (χ4n) is 1.18. The van der Waals surface area contributed by atoms with Crippen LogP contribution in [0.3, 0.4) is 0 Å². The Kier molecular flexibility index (Phi) is 5.68. The molecule has 0 aromatic carbocycles. The van der Waals surface area contributed by atoms with Gasteiger partial charge in [0.1, 0.15) is 0 Å². The molecule has 76 valence electrons. The zero-order valence-electron chi connectivity index (χ0n) is 9.01. The first-order valence-electron chi connectivity index (χ1n) is 4.82. The van der Waals surface area contributed by atoms with Crippen molar-refractivity contribution in [2.24, 2.45) is 11.1 Å². The van der Waals surface area contributed by atoms with Crippen LogP contribution in [0.25, 0.3) is 0 Å². The first-order chi connectivity index (χ1) is 6.02. The summed E-state index contributed by atoms with van der Waals surface area (Å²) in [6, 6.07) is 2.30. The highest BCUT2D eigenvalue weighted by Gasteiger charge is 2.15. The summed E-state index contributed by atoms with van der Waals surface area (Å²) in [6.07, 6.45) is 2.02. The van der Waals surface area contributed by atoms with Crippen molar-refractivity contribution in [1.29, 1.82) is 5.26 Å². The molecule has 0 aliphatic carbocycles.